The first kappa shape index (κ1) is 14.1. The van der Waals surface area contributed by atoms with E-state index in [1.807, 2.05) is 24.3 Å². The van der Waals surface area contributed by atoms with Crippen molar-refractivity contribution in [3.05, 3.63) is 34.3 Å². The van der Waals surface area contributed by atoms with Crippen molar-refractivity contribution in [1.82, 2.24) is 4.90 Å². The van der Waals surface area contributed by atoms with Gasteiger partial charge in [-0.25, -0.2) is 0 Å². The van der Waals surface area contributed by atoms with Gasteiger partial charge in [0.1, 0.15) is 5.41 Å². The molecule has 1 fully saturated rings. The van der Waals surface area contributed by atoms with Crippen LogP contribution in [0.15, 0.2) is 28.7 Å². The first-order valence-corrected chi connectivity index (χ1v) is 6.99. The summed E-state index contributed by atoms with van der Waals surface area (Å²) in [5.74, 6) is -1.27. The molecule has 1 aliphatic rings. The van der Waals surface area contributed by atoms with Crippen LogP contribution in [0, 0.1) is 5.41 Å². The monoisotopic (exact) mass is 325 g/mol. The molecule has 1 aliphatic carbocycles. The lowest BCUT2D eigenvalue weighted by Gasteiger charge is -2.21. The Morgan fingerprint density at radius 2 is 2.00 bits per heavy atom. The fourth-order valence-electron chi connectivity index (χ4n) is 2.10. The van der Waals surface area contributed by atoms with Gasteiger partial charge in [0, 0.05) is 18.1 Å². The summed E-state index contributed by atoms with van der Waals surface area (Å²) in [4.78, 5) is 24.7. The highest BCUT2D eigenvalue weighted by molar-refractivity contribution is 9.10. The molecule has 1 aromatic rings. The van der Waals surface area contributed by atoms with Crippen LogP contribution in [0.2, 0.25) is 0 Å². The summed E-state index contributed by atoms with van der Waals surface area (Å²) in [7, 11) is 1.67. The van der Waals surface area contributed by atoms with Crippen molar-refractivity contribution in [2.24, 2.45) is 5.41 Å². The Labute approximate surface area is 120 Å². The lowest BCUT2D eigenvalue weighted by Crippen LogP contribution is -2.39. The van der Waals surface area contributed by atoms with Gasteiger partial charge in [-0.1, -0.05) is 34.1 Å². The van der Waals surface area contributed by atoms with Crippen LogP contribution in [-0.2, 0) is 16.0 Å². The molecule has 0 saturated heterocycles. The predicted molar refractivity (Wildman–Crippen MR) is 74.8 cm³/mol. The molecule has 0 heterocycles. The van der Waals surface area contributed by atoms with Crippen molar-refractivity contribution in [1.29, 1.82) is 0 Å². The molecule has 5 heteroatoms. The summed E-state index contributed by atoms with van der Waals surface area (Å²) >= 11 is 3.46. The zero-order chi connectivity index (χ0) is 14.0. The van der Waals surface area contributed by atoms with Gasteiger partial charge in [0.05, 0.1) is 0 Å². The summed E-state index contributed by atoms with van der Waals surface area (Å²) < 4.78 is 1.01. The van der Waals surface area contributed by atoms with Gasteiger partial charge in [-0.2, -0.15) is 0 Å². The van der Waals surface area contributed by atoms with Gasteiger partial charge in [0.2, 0.25) is 5.91 Å². The summed E-state index contributed by atoms with van der Waals surface area (Å²) in [5, 5.41) is 9.10. The molecule has 102 valence electrons. The molecule has 0 unspecified atom stereocenters. The lowest BCUT2D eigenvalue weighted by molar-refractivity contribution is -0.152. The number of carboxylic acids is 1. The minimum Gasteiger partial charge on any atom is -0.480 e. The number of halogens is 1. The van der Waals surface area contributed by atoms with Crippen LogP contribution in [0.1, 0.15) is 18.4 Å². The maximum absolute atomic E-state index is 12.1. The van der Waals surface area contributed by atoms with Crippen molar-refractivity contribution in [3.8, 4) is 0 Å². The smallest absolute Gasteiger partial charge is 0.319 e. The Morgan fingerprint density at radius 1 is 1.37 bits per heavy atom. The number of benzene rings is 1. The number of rotatable bonds is 5. The second-order valence-electron chi connectivity index (χ2n) is 4.96. The zero-order valence-corrected chi connectivity index (χ0v) is 12.3. The van der Waals surface area contributed by atoms with E-state index in [2.05, 4.69) is 15.9 Å². The van der Waals surface area contributed by atoms with E-state index < -0.39 is 11.4 Å². The number of aliphatic carboxylic acids is 1. The normalized spacial score (nSPS) is 15.9. The number of carboxylic acid groups (broad SMARTS) is 1. The Bertz CT molecular complexity index is 511. The van der Waals surface area contributed by atoms with Crippen molar-refractivity contribution in [2.45, 2.75) is 19.3 Å². The minimum atomic E-state index is -1.14. The molecule has 0 bridgehead atoms. The van der Waals surface area contributed by atoms with Gasteiger partial charge in [-0.05, 0) is 30.9 Å². The van der Waals surface area contributed by atoms with E-state index in [1.165, 1.54) is 4.90 Å². The summed E-state index contributed by atoms with van der Waals surface area (Å²) in [5.41, 5.74) is -0.0230. The third kappa shape index (κ3) is 2.81. The number of likely N-dealkylation sites (N-methyl/N-ethyl adjacent to an activating group) is 1. The number of amides is 1. The van der Waals surface area contributed by atoms with Crippen LogP contribution in [0.5, 0.6) is 0 Å². The van der Waals surface area contributed by atoms with E-state index in [-0.39, 0.29) is 5.91 Å². The van der Waals surface area contributed by atoms with Crippen LogP contribution >= 0.6 is 15.9 Å². The molecule has 0 aliphatic heterocycles. The third-order valence-electron chi connectivity index (χ3n) is 3.59. The molecule has 0 atom stereocenters. The third-order valence-corrected chi connectivity index (χ3v) is 4.36. The van der Waals surface area contributed by atoms with Crippen LogP contribution in [0.3, 0.4) is 0 Å². The molecule has 1 N–H and O–H groups in total. The van der Waals surface area contributed by atoms with Crippen molar-refractivity contribution in [3.63, 3.8) is 0 Å². The number of carbonyl (C=O) groups is 2. The highest BCUT2D eigenvalue weighted by Crippen LogP contribution is 2.47. The Balaban J connectivity index is 1.95. The van der Waals surface area contributed by atoms with E-state index in [0.29, 0.717) is 25.8 Å². The van der Waals surface area contributed by atoms with Gasteiger partial charge in [0.15, 0.2) is 0 Å². The highest BCUT2D eigenvalue weighted by Gasteiger charge is 2.58. The van der Waals surface area contributed by atoms with Gasteiger partial charge < -0.3 is 10.0 Å². The Kier molecular flexibility index (Phi) is 3.94. The molecular formula is C14H16BrNO3. The first-order chi connectivity index (χ1) is 8.97. The van der Waals surface area contributed by atoms with Crippen molar-refractivity contribution < 1.29 is 14.7 Å². The van der Waals surface area contributed by atoms with E-state index in [1.54, 1.807) is 7.05 Å². The van der Waals surface area contributed by atoms with Gasteiger partial charge in [0.25, 0.3) is 0 Å². The maximum Gasteiger partial charge on any atom is 0.319 e. The van der Waals surface area contributed by atoms with Crippen LogP contribution in [0.25, 0.3) is 0 Å². The molecule has 0 spiro atoms. The van der Waals surface area contributed by atoms with E-state index in [0.717, 1.165) is 10.0 Å². The molecule has 1 amide bonds. The fourth-order valence-corrected chi connectivity index (χ4v) is 2.58. The van der Waals surface area contributed by atoms with E-state index in [4.69, 9.17) is 5.11 Å². The molecule has 19 heavy (non-hydrogen) atoms. The molecule has 4 nitrogen and oxygen atoms in total. The molecule has 2 rings (SSSR count). The standard InChI is InChI=1S/C14H16BrNO3/c1-16(12(17)14(7-8-14)13(18)19)9-6-10-4-2-3-5-11(10)15/h2-5H,6-9H2,1H3,(H,18,19). The number of hydrogen-bond donors (Lipinski definition) is 1. The Hall–Kier alpha value is -1.36. The van der Waals surface area contributed by atoms with Gasteiger partial charge in [-0.3, -0.25) is 9.59 Å². The SMILES string of the molecule is CN(CCc1ccccc1Br)C(=O)C1(C(=O)O)CC1. The summed E-state index contributed by atoms with van der Waals surface area (Å²) in [6, 6.07) is 7.83. The summed E-state index contributed by atoms with van der Waals surface area (Å²) in [6.45, 7) is 0.524. The van der Waals surface area contributed by atoms with Gasteiger partial charge >= 0.3 is 5.97 Å². The van der Waals surface area contributed by atoms with E-state index in [9.17, 15) is 9.59 Å². The zero-order valence-electron chi connectivity index (χ0n) is 10.7. The van der Waals surface area contributed by atoms with Crippen LogP contribution in [-0.4, -0.2) is 35.5 Å². The first-order valence-electron chi connectivity index (χ1n) is 6.20. The average Bonchev–Trinajstić information content (AvgIpc) is 3.18. The molecule has 1 saturated carbocycles. The highest BCUT2D eigenvalue weighted by atomic mass is 79.9. The largest absolute Gasteiger partial charge is 0.480 e. The Morgan fingerprint density at radius 3 is 2.53 bits per heavy atom. The quantitative estimate of drug-likeness (QED) is 0.845. The average molecular weight is 326 g/mol. The molecule has 0 radical (unpaired) electrons. The fraction of sp³-hybridized carbons (Fsp3) is 0.429. The molecule has 0 aromatic heterocycles. The molecule has 1 aromatic carbocycles. The second-order valence-corrected chi connectivity index (χ2v) is 5.81. The predicted octanol–water partition coefficient (Wildman–Crippen LogP) is 2.31. The van der Waals surface area contributed by atoms with Gasteiger partial charge in [-0.15, -0.1) is 0 Å². The number of nitrogens with zero attached hydrogens (tertiary/aromatic N) is 1. The van der Waals surface area contributed by atoms with Crippen LogP contribution < -0.4 is 0 Å². The van der Waals surface area contributed by atoms with Crippen molar-refractivity contribution >= 4 is 27.8 Å². The minimum absolute atomic E-state index is 0.271. The lowest BCUT2D eigenvalue weighted by atomic mass is 10.1. The van der Waals surface area contributed by atoms with Crippen LogP contribution in [0.4, 0.5) is 0 Å². The molecular weight excluding hydrogens is 310 g/mol. The van der Waals surface area contributed by atoms with Crippen molar-refractivity contribution in [2.75, 3.05) is 13.6 Å². The number of carbonyl (C=O) groups excluding carboxylic acids is 1. The number of hydrogen-bond acceptors (Lipinski definition) is 2. The van der Waals surface area contributed by atoms with E-state index >= 15 is 0 Å². The second kappa shape index (κ2) is 5.33. The topological polar surface area (TPSA) is 57.6 Å². The maximum atomic E-state index is 12.1. The summed E-state index contributed by atoms with van der Waals surface area (Å²) in [6.07, 6.45) is 1.63.